The van der Waals surface area contributed by atoms with E-state index in [-0.39, 0.29) is 12.3 Å². The Morgan fingerprint density at radius 3 is 2.30 bits per heavy atom. The minimum Gasteiger partial charge on any atom is -0.465 e. The smallest absolute Gasteiger partial charge is 0.416 e. The number of hydrogen-bond acceptors (Lipinski definition) is 3. The number of alkyl halides is 3. The van der Waals surface area contributed by atoms with E-state index in [0.717, 1.165) is 12.1 Å². The van der Waals surface area contributed by atoms with Crippen molar-refractivity contribution in [3.8, 4) is 0 Å². The van der Waals surface area contributed by atoms with E-state index < -0.39 is 23.9 Å². The number of nitrogens with one attached hydrogen (secondary N) is 1. The van der Waals surface area contributed by atoms with Crippen LogP contribution < -0.4 is 11.1 Å². The SMILES string of the molecule is N/C(=N\O)C(Cc1ccc(C(F)(F)F)cc1)NC(=O)O. The summed E-state index contributed by atoms with van der Waals surface area (Å²) in [6.07, 6.45) is -5.88. The van der Waals surface area contributed by atoms with E-state index >= 15 is 0 Å². The summed E-state index contributed by atoms with van der Waals surface area (Å²) in [6.45, 7) is 0. The highest BCUT2D eigenvalue weighted by Gasteiger charge is 2.30. The molecule has 0 spiro atoms. The average molecular weight is 291 g/mol. The molecule has 1 amide bonds. The Morgan fingerprint density at radius 2 is 1.90 bits per heavy atom. The average Bonchev–Trinajstić information content (AvgIpc) is 2.36. The van der Waals surface area contributed by atoms with Crippen molar-refractivity contribution in [2.24, 2.45) is 10.9 Å². The second-order valence-corrected chi connectivity index (χ2v) is 3.93. The molecule has 0 saturated heterocycles. The summed E-state index contributed by atoms with van der Waals surface area (Å²) in [7, 11) is 0. The van der Waals surface area contributed by atoms with Crippen LogP contribution in [0.1, 0.15) is 11.1 Å². The second kappa shape index (κ2) is 6.13. The molecule has 5 N–H and O–H groups in total. The summed E-state index contributed by atoms with van der Waals surface area (Å²) in [5.74, 6) is -0.382. The predicted octanol–water partition coefficient (Wildman–Crippen LogP) is 1.63. The van der Waals surface area contributed by atoms with Gasteiger partial charge in [-0.1, -0.05) is 17.3 Å². The summed E-state index contributed by atoms with van der Waals surface area (Å²) < 4.78 is 37.1. The van der Waals surface area contributed by atoms with Crippen molar-refractivity contribution in [2.45, 2.75) is 18.6 Å². The first-order chi connectivity index (χ1) is 9.24. The van der Waals surface area contributed by atoms with Crippen LogP contribution in [0.2, 0.25) is 0 Å². The van der Waals surface area contributed by atoms with Crippen molar-refractivity contribution in [1.82, 2.24) is 5.32 Å². The van der Waals surface area contributed by atoms with Gasteiger partial charge in [-0.05, 0) is 17.7 Å². The molecule has 0 saturated carbocycles. The van der Waals surface area contributed by atoms with Crippen molar-refractivity contribution in [3.63, 3.8) is 0 Å². The van der Waals surface area contributed by atoms with Gasteiger partial charge in [0.05, 0.1) is 11.6 Å². The fraction of sp³-hybridized carbons (Fsp3) is 0.273. The zero-order valence-electron chi connectivity index (χ0n) is 10.1. The molecule has 6 nitrogen and oxygen atoms in total. The number of amides is 1. The third-order valence-electron chi connectivity index (χ3n) is 2.49. The normalized spacial score (nSPS) is 13.8. The summed E-state index contributed by atoms with van der Waals surface area (Å²) in [5.41, 5.74) is 4.90. The van der Waals surface area contributed by atoms with E-state index in [2.05, 4.69) is 5.16 Å². The topological polar surface area (TPSA) is 108 Å². The fourth-order valence-electron chi connectivity index (χ4n) is 1.51. The molecule has 0 aliphatic carbocycles. The molecular weight excluding hydrogens is 279 g/mol. The maximum atomic E-state index is 12.4. The molecule has 0 radical (unpaired) electrons. The second-order valence-electron chi connectivity index (χ2n) is 3.93. The van der Waals surface area contributed by atoms with Crippen LogP contribution in [-0.4, -0.2) is 28.3 Å². The molecule has 110 valence electrons. The van der Waals surface area contributed by atoms with Crippen LogP contribution in [0.25, 0.3) is 0 Å². The van der Waals surface area contributed by atoms with E-state index in [1.54, 1.807) is 0 Å². The number of carboxylic acid groups (broad SMARTS) is 1. The Hall–Kier alpha value is -2.45. The molecule has 0 aliphatic heterocycles. The third kappa shape index (κ3) is 4.34. The van der Waals surface area contributed by atoms with Crippen LogP contribution in [0.15, 0.2) is 29.4 Å². The number of rotatable bonds is 4. The maximum Gasteiger partial charge on any atom is 0.416 e. The molecule has 0 aromatic heterocycles. The number of nitrogens with two attached hydrogens (primary N) is 1. The number of hydrogen-bond donors (Lipinski definition) is 4. The lowest BCUT2D eigenvalue weighted by Gasteiger charge is -2.15. The minimum atomic E-state index is -4.44. The monoisotopic (exact) mass is 291 g/mol. The molecule has 0 heterocycles. The summed E-state index contributed by atoms with van der Waals surface area (Å²) in [5, 5.41) is 21.8. The molecule has 1 aromatic carbocycles. The number of carbonyl (C=O) groups is 1. The Labute approximate surface area is 111 Å². The van der Waals surface area contributed by atoms with Crippen LogP contribution in [0.3, 0.4) is 0 Å². The quantitative estimate of drug-likeness (QED) is 0.292. The standard InChI is InChI=1S/C11H12F3N3O3/c12-11(13,14)7-3-1-6(2-4-7)5-8(9(15)17-20)16-10(18)19/h1-4,8,16,20H,5H2,(H2,15,17)(H,18,19). The van der Waals surface area contributed by atoms with Crippen LogP contribution in [0, 0.1) is 0 Å². The van der Waals surface area contributed by atoms with E-state index in [1.807, 2.05) is 5.32 Å². The number of oxime groups is 1. The molecule has 0 bridgehead atoms. The highest BCUT2D eigenvalue weighted by molar-refractivity contribution is 5.88. The van der Waals surface area contributed by atoms with Gasteiger partial charge >= 0.3 is 12.3 Å². The molecule has 0 aliphatic rings. The van der Waals surface area contributed by atoms with Gasteiger partial charge < -0.3 is 21.4 Å². The first-order valence-corrected chi connectivity index (χ1v) is 5.37. The molecule has 9 heteroatoms. The molecular formula is C11H12F3N3O3. The highest BCUT2D eigenvalue weighted by Crippen LogP contribution is 2.29. The predicted molar refractivity (Wildman–Crippen MR) is 63.5 cm³/mol. The van der Waals surface area contributed by atoms with Gasteiger partial charge in [-0.2, -0.15) is 13.2 Å². The number of amidine groups is 1. The van der Waals surface area contributed by atoms with E-state index in [1.165, 1.54) is 12.1 Å². The van der Waals surface area contributed by atoms with E-state index in [4.69, 9.17) is 16.0 Å². The molecule has 0 fully saturated rings. The summed E-state index contributed by atoms with van der Waals surface area (Å²) >= 11 is 0. The Kier molecular flexibility index (Phi) is 4.78. The minimum absolute atomic E-state index is 0.0413. The van der Waals surface area contributed by atoms with Crippen molar-refractivity contribution >= 4 is 11.9 Å². The number of nitrogens with zero attached hydrogens (tertiary/aromatic N) is 1. The Bertz CT molecular complexity index is 500. The first-order valence-electron chi connectivity index (χ1n) is 5.37. The third-order valence-corrected chi connectivity index (χ3v) is 2.49. The molecule has 1 aromatic rings. The van der Waals surface area contributed by atoms with E-state index in [9.17, 15) is 18.0 Å². The van der Waals surface area contributed by atoms with Crippen LogP contribution in [-0.2, 0) is 12.6 Å². The molecule has 1 atom stereocenters. The summed E-state index contributed by atoms with van der Waals surface area (Å²) in [4.78, 5) is 10.6. The largest absolute Gasteiger partial charge is 0.465 e. The van der Waals surface area contributed by atoms with Crippen LogP contribution >= 0.6 is 0 Å². The lowest BCUT2D eigenvalue weighted by molar-refractivity contribution is -0.137. The van der Waals surface area contributed by atoms with E-state index in [0.29, 0.717) is 5.56 Å². The fourth-order valence-corrected chi connectivity index (χ4v) is 1.51. The van der Waals surface area contributed by atoms with Crippen molar-refractivity contribution < 1.29 is 28.3 Å². The highest BCUT2D eigenvalue weighted by atomic mass is 19.4. The number of benzene rings is 1. The first kappa shape index (κ1) is 15.6. The molecule has 20 heavy (non-hydrogen) atoms. The van der Waals surface area contributed by atoms with Gasteiger partial charge in [-0.3, -0.25) is 0 Å². The number of halogens is 3. The zero-order valence-corrected chi connectivity index (χ0v) is 10.1. The van der Waals surface area contributed by atoms with Gasteiger partial charge in [0, 0.05) is 6.42 Å². The van der Waals surface area contributed by atoms with Gasteiger partial charge in [0.2, 0.25) is 0 Å². The van der Waals surface area contributed by atoms with Gasteiger partial charge in [0.25, 0.3) is 0 Å². The van der Waals surface area contributed by atoms with Gasteiger partial charge in [-0.25, -0.2) is 4.79 Å². The van der Waals surface area contributed by atoms with Crippen molar-refractivity contribution in [3.05, 3.63) is 35.4 Å². The Morgan fingerprint density at radius 1 is 1.35 bits per heavy atom. The van der Waals surface area contributed by atoms with Gasteiger partial charge in [-0.15, -0.1) is 0 Å². The zero-order chi connectivity index (χ0) is 15.3. The molecule has 1 unspecified atom stereocenters. The maximum absolute atomic E-state index is 12.4. The lowest BCUT2D eigenvalue weighted by atomic mass is 10.0. The lowest BCUT2D eigenvalue weighted by Crippen LogP contribution is -2.45. The Balaban J connectivity index is 2.86. The summed E-state index contributed by atoms with van der Waals surface area (Å²) in [6, 6.07) is 3.11. The van der Waals surface area contributed by atoms with Crippen LogP contribution in [0.4, 0.5) is 18.0 Å². The van der Waals surface area contributed by atoms with Crippen molar-refractivity contribution in [1.29, 1.82) is 0 Å². The molecule has 1 rings (SSSR count). The van der Waals surface area contributed by atoms with Crippen LogP contribution in [0.5, 0.6) is 0 Å². The van der Waals surface area contributed by atoms with Crippen molar-refractivity contribution in [2.75, 3.05) is 0 Å². The van der Waals surface area contributed by atoms with Gasteiger partial charge in [0.15, 0.2) is 5.84 Å². The van der Waals surface area contributed by atoms with Gasteiger partial charge in [0.1, 0.15) is 0 Å².